The van der Waals surface area contributed by atoms with Gasteiger partial charge in [-0.15, -0.1) is 0 Å². The number of nitrogens with one attached hydrogen (secondary N) is 1. The predicted molar refractivity (Wildman–Crippen MR) is 66.1 cm³/mol. The fourth-order valence-electron chi connectivity index (χ4n) is 2.34. The Hall–Kier alpha value is -0.610. The lowest BCUT2D eigenvalue weighted by atomic mass is 9.95. The average molecular weight is 227 g/mol. The number of nitrogens with two attached hydrogens (primary N) is 1. The van der Waals surface area contributed by atoms with E-state index < -0.39 is 0 Å². The van der Waals surface area contributed by atoms with Gasteiger partial charge in [-0.3, -0.25) is 9.69 Å². The normalized spacial score (nSPS) is 22.4. The molecule has 1 saturated heterocycles. The van der Waals surface area contributed by atoms with Crippen LogP contribution in [0.3, 0.4) is 0 Å². The Balaban J connectivity index is 2.28. The molecule has 0 saturated carbocycles. The minimum Gasteiger partial charge on any atom is -0.353 e. The van der Waals surface area contributed by atoms with Crippen molar-refractivity contribution in [2.45, 2.75) is 39.2 Å². The summed E-state index contributed by atoms with van der Waals surface area (Å²) >= 11 is 0. The maximum absolute atomic E-state index is 11.6. The van der Waals surface area contributed by atoms with E-state index in [-0.39, 0.29) is 11.9 Å². The molecule has 1 aliphatic heterocycles. The second-order valence-corrected chi connectivity index (χ2v) is 5.04. The average Bonchev–Trinajstić information content (AvgIpc) is 2.17. The van der Waals surface area contributed by atoms with Gasteiger partial charge >= 0.3 is 0 Å². The fraction of sp³-hybridized carbons (Fsp3) is 0.917. The first kappa shape index (κ1) is 13.5. The second-order valence-electron chi connectivity index (χ2n) is 5.04. The van der Waals surface area contributed by atoms with Crippen LogP contribution in [0.25, 0.3) is 0 Å². The Kier molecular flexibility index (Phi) is 5.77. The van der Waals surface area contributed by atoms with Crippen molar-refractivity contribution >= 4 is 5.91 Å². The lowest BCUT2D eigenvalue weighted by molar-refractivity contribution is -0.123. The van der Waals surface area contributed by atoms with Crippen molar-refractivity contribution in [2.24, 2.45) is 11.7 Å². The molecule has 1 amide bonds. The molecular weight excluding hydrogens is 202 g/mol. The molecule has 0 spiro atoms. The van der Waals surface area contributed by atoms with Crippen LogP contribution in [0.1, 0.15) is 33.1 Å². The number of likely N-dealkylation sites (tertiary alicyclic amines) is 1. The Morgan fingerprint density at radius 2 is 2.31 bits per heavy atom. The van der Waals surface area contributed by atoms with Gasteiger partial charge in [-0.2, -0.15) is 0 Å². The van der Waals surface area contributed by atoms with Gasteiger partial charge < -0.3 is 11.1 Å². The van der Waals surface area contributed by atoms with E-state index in [4.69, 9.17) is 5.73 Å². The zero-order valence-corrected chi connectivity index (χ0v) is 10.5. The van der Waals surface area contributed by atoms with E-state index in [0.29, 0.717) is 12.5 Å². The summed E-state index contributed by atoms with van der Waals surface area (Å²) in [4.78, 5) is 13.9. The number of carbonyl (C=O) groups is 1. The van der Waals surface area contributed by atoms with Crippen LogP contribution < -0.4 is 11.1 Å². The van der Waals surface area contributed by atoms with Gasteiger partial charge in [0.25, 0.3) is 0 Å². The number of hydrogen-bond acceptors (Lipinski definition) is 3. The van der Waals surface area contributed by atoms with Crippen LogP contribution in [-0.4, -0.2) is 43.0 Å². The molecule has 3 N–H and O–H groups in total. The lowest BCUT2D eigenvalue weighted by Crippen LogP contribution is -2.44. The summed E-state index contributed by atoms with van der Waals surface area (Å²) in [7, 11) is 0. The van der Waals surface area contributed by atoms with E-state index in [2.05, 4.69) is 10.2 Å². The summed E-state index contributed by atoms with van der Waals surface area (Å²) in [6.07, 6.45) is 3.54. The Morgan fingerprint density at radius 1 is 1.56 bits per heavy atom. The van der Waals surface area contributed by atoms with Crippen molar-refractivity contribution < 1.29 is 4.79 Å². The third kappa shape index (κ3) is 4.94. The molecule has 1 heterocycles. The fourth-order valence-corrected chi connectivity index (χ4v) is 2.34. The van der Waals surface area contributed by atoms with Gasteiger partial charge in [-0.25, -0.2) is 0 Å². The topological polar surface area (TPSA) is 58.4 Å². The number of piperidine rings is 1. The monoisotopic (exact) mass is 227 g/mol. The lowest BCUT2D eigenvalue weighted by Gasteiger charge is -2.32. The van der Waals surface area contributed by atoms with Crippen LogP contribution >= 0.6 is 0 Å². The highest BCUT2D eigenvalue weighted by atomic mass is 16.2. The highest BCUT2D eigenvalue weighted by Crippen LogP contribution is 2.18. The molecule has 1 fully saturated rings. The molecule has 1 atom stereocenters. The zero-order valence-electron chi connectivity index (χ0n) is 10.5. The van der Waals surface area contributed by atoms with Crippen molar-refractivity contribution in [3.63, 3.8) is 0 Å². The standard InChI is InChI=1S/C12H25N3O/c1-10(2)14-12(16)9-15-7-3-4-11(8-15)5-6-13/h10-11H,3-9,13H2,1-2H3,(H,14,16). The third-order valence-electron chi connectivity index (χ3n) is 2.99. The molecule has 1 rings (SSSR count). The SMILES string of the molecule is CC(C)NC(=O)CN1CCCC(CCN)C1. The molecule has 1 aliphatic rings. The Labute approximate surface area is 98.6 Å². The quantitative estimate of drug-likeness (QED) is 0.722. The van der Waals surface area contributed by atoms with Crippen LogP contribution in [0.15, 0.2) is 0 Å². The Bertz CT molecular complexity index is 216. The summed E-state index contributed by atoms with van der Waals surface area (Å²) in [6, 6.07) is 0.233. The van der Waals surface area contributed by atoms with Crippen molar-refractivity contribution in [3.8, 4) is 0 Å². The number of amides is 1. The van der Waals surface area contributed by atoms with Crippen molar-refractivity contribution in [1.82, 2.24) is 10.2 Å². The molecule has 0 aromatic carbocycles. The zero-order chi connectivity index (χ0) is 12.0. The molecule has 94 valence electrons. The van der Waals surface area contributed by atoms with Crippen molar-refractivity contribution in [1.29, 1.82) is 0 Å². The molecule has 0 aliphatic carbocycles. The largest absolute Gasteiger partial charge is 0.353 e. The summed E-state index contributed by atoms with van der Waals surface area (Å²) in [6.45, 7) is 7.36. The maximum atomic E-state index is 11.6. The van der Waals surface area contributed by atoms with E-state index in [0.717, 1.165) is 26.1 Å². The first-order chi connectivity index (χ1) is 7.61. The number of nitrogens with zero attached hydrogens (tertiary/aromatic N) is 1. The minimum absolute atomic E-state index is 0.142. The van der Waals surface area contributed by atoms with E-state index in [1.54, 1.807) is 0 Å². The van der Waals surface area contributed by atoms with Crippen LogP contribution in [0.5, 0.6) is 0 Å². The molecule has 4 heteroatoms. The first-order valence-corrected chi connectivity index (χ1v) is 6.33. The predicted octanol–water partition coefficient (Wildman–Crippen LogP) is 0.572. The minimum atomic E-state index is 0.142. The highest BCUT2D eigenvalue weighted by molar-refractivity contribution is 5.78. The van der Waals surface area contributed by atoms with Gasteiger partial charge in [-0.1, -0.05) is 0 Å². The van der Waals surface area contributed by atoms with Crippen molar-refractivity contribution in [3.05, 3.63) is 0 Å². The van der Waals surface area contributed by atoms with Crippen molar-refractivity contribution in [2.75, 3.05) is 26.2 Å². The smallest absolute Gasteiger partial charge is 0.234 e. The summed E-state index contributed by atoms with van der Waals surface area (Å²) in [5.41, 5.74) is 5.57. The van der Waals surface area contributed by atoms with Gasteiger partial charge in [0.1, 0.15) is 0 Å². The van der Waals surface area contributed by atoms with Gasteiger partial charge in [0.05, 0.1) is 6.54 Å². The van der Waals surface area contributed by atoms with Gasteiger partial charge in [0, 0.05) is 12.6 Å². The molecule has 4 nitrogen and oxygen atoms in total. The van der Waals surface area contributed by atoms with E-state index in [9.17, 15) is 4.79 Å². The maximum Gasteiger partial charge on any atom is 0.234 e. The Morgan fingerprint density at radius 3 is 2.94 bits per heavy atom. The highest BCUT2D eigenvalue weighted by Gasteiger charge is 2.20. The molecule has 0 aromatic rings. The van der Waals surface area contributed by atoms with Gasteiger partial charge in [0.15, 0.2) is 0 Å². The molecule has 0 aromatic heterocycles. The van der Waals surface area contributed by atoms with Crippen LogP contribution in [-0.2, 0) is 4.79 Å². The van der Waals surface area contributed by atoms with E-state index in [1.807, 2.05) is 13.8 Å². The number of rotatable bonds is 5. The van der Waals surface area contributed by atoms with E-state index in [1.165, 1.54) is 12.8 Å². The number of hydrogen-bond donors (Lipinski definition) is 2. The summed E-state index contributed by atoms with van der Waals surface area (Å²) < 4.78 is 0. The second kappa shape index (κ2) is 6.86. The van der Waals surface area contributed by atoms with Gasteiger partial charge in [-0.05, 0) is 52.1 Å². The summed E-state index contributed by atoms with van der Waals surface area (Å²) in [5.74, 6) is 0.828. The molecule has 1 unspecified atom stereocenters. The van der Waals surface area contributed by atoms with Crippen LogP contribution in [0, 0.1) is 5.92 Å². The molecule has 0 bridgehead atoms. The van der Waals surface area contributed by atoms with Crippen LogP contribution in [0.2, 0.25) is 0 Å². The summed E-state index contributed by atoms with van der Waals surface area (Å²) in [5, 5.41) is 2.93. The third-order valence-corrected chi connectivity index (χ3v) is 2.99. The van der Waals surface area contributed by atoms with Crippen LogP contribution in [0.4, 0.5) is 0 Å². The molecule has 16 heavy (non-hydrogen) atoms. The number of carbonyl (C=O) groups excluding carboxylic acids is 1. The van der Waals surface area contributed by atoms with E-state index >= 15 is 0 Å². The first-order valence-electron chi connectivity index (χ1n) is 6.33. The van der Waals surface area contributed by atoms with Gasteiger partial charge in [0.2, 0.25) is 5.91 Å². The molecule has 0 radical (unpaired) electrons. The molecular formula is C12H25N3O.